The number of carbonyl (C=O) groups excluding carboxylic acids is 1. The third-order valence-corrected chi connectivity index (χ3v) is 1.86. The van der Waals surface area contributed by atoms with E-state index in [1.165, 1.54) is 36.7 Å². The summed E-state index contributed by atoms with van der Waals surface area (Å²) in [6.45, 7) is 0. The van der Waals surface area contributed by atoms with Gasteiger partial charge < -0.3 is 0 Å². The lowest BCUT2D eigenvalue weighted by Crippen LogP contribution is -2.06. The second-order valence-electron chi connectivity index (χ2n) is 2.91. The van der Waals surface area contributed by atoms with Gasteiger partial charge in [0.1, 0.15) is 5.82 Å². The van der Waals surface area contributed by atoms with E-state index in [2.05, 4.69) is 9.97 Å². The van der Waals surface area contributed by atoms with Crippen LogP contribution in [0, 0.1) is 5.82 Å². The van der Waals surface area contributed by atoms with Crippen molar-refractivity contribution in [2.45, 2.75) is 0 Å². The molecule has 0 unspecified atom stereocenters. The van der Waals surface area contributed by atoms with Crippen LogP contribution in [0.3, 0.4) is 0 Å². The molecule has 0 aliphatic carbocycles. The molecule has 0 amide bonds. The van der Waals surface area contributed by atoms with Crippen molar-refractivity contribution in [1.29, 1.82) is 0 Å². The topological polar surface area (TPSA) is 42.9 Å². The molecule has 0 saturated carbocycles. The average Bonchev–Trinajstić information content (AvgIpc) is 2.29. The van der Waals surface area contributed by atoms with Crippen molar-refractivity contribution in [2.24, 2.45) is 0 Å². The minimum Gasteiger partial charge on any atom is -0.285 e. The lowest BCUT2D eigenvalue weighted by atomic mass is 10.1. The second-order valence-corrected chi connectivity index (χ2v) is 2.91. The fourth-order valence-corrected chi connectivity index (χ4v) is 1.18. The van der Waals surface area contributed by atoms with Crippen LogP contribution in [0.1, 0.15) is 16.2 Å². The molecule has 1 aromatic carbocycles. The van der Waals surface area contributed by atoms with Gasteiger partial charge in [-0.05, 0) is 18.2 Å². The fourth-order valence-electron chi connectivity index (χ4n) is 1.18. The lowest BCUT2D eigenvalue weighted by molar-refractivity contribution is 0.102. The van der Waals surface area contributed by atoms with E-state index in [-0.39, 0.29) is 17.2 Å². The summed E-state index contributed by atoms with van der Waals surface area (Å²) < 4.78 is 12.9. The standard InChI is InChI=1S/C11H7FN2O/c12-9-4-1-3-8(7-9)10(15)11-13-5-2-6-14-11/h1-7H. The number of benzene rings is 1. The number of ketones is 1. The summed E-state index contributed by atoms with van der Waals surface area (Å²) in [5.74, 6) is -0.755. The molecule has 3 nitrogen and oxygen atoms in total. The van der Waals surface area contributed by atoms with Crippen LogP contribution in [0.2, 0.25) is 0 Å². The first-order chi connectivity index (χ1) is 7.27. The molecular weight excluding hydrogens is 195 g/mol. The first-order valence-corrected chi connectivity index (χ1v) is 4.34. The Hall–Kier alpha value is -2.10. The molecular formula is C11H7FN2O. The van der Waals surface area contributed by atoms with Gasteiger partial charge in [0, 0.05) is 18.0 Å². The van der Waals surface area contributed by atoms with Crippen molar-refractivity contribution in [3.63, 3.8) is 0 Å². The van der Waals surface area contributed by atoms with Crippen LogP contribution in [0.4, 0.5) is 4.39 Å². The number of nitrogens with zero attached hydrogens (tertiary/aromatic N) is 2. The number of hydrogen-bond donors (Lipinski definition) is 0. The quantitative estimate of drug-likeness (QED) is 0.698. The highest BCUT2D eigenvalue weighted by atomic mass is 19.1. The van der Waals surface area contributed by atoms with Crippen molar-refractivity contribution in [3.8, 4) is 0 Å². The molecule has 1 aromatic heterocycles. The van der Waals surface area contributed by atoms with Gasteiger partial charge in [-0.1, -0.05) is 12.1 Å². The third-order valence-electron chi connectivity index (χ3n) is 1.86. The first kappa shape index (κ1) is 9.45. The van der Waals surface area contributed by atoms with Crippen molar-refractivity contribution >= 4 is 5.78 Å². The molecule has 0 saturated heterocycles. The van der Waals surface area contributed by atoms with Crippen LogP contribution >= 0.6 is 0 Å². The minimum atomic E-state index is -0.447. The maximum Gasteiger partial charge on any atom is 0.230 e. The van der Waals surface area contributed by atoms with E-state index < -0.39 is 5.82 Å². The molecule has 74 valence electrons. The maximum atomic E-state index is 12.9. The van der Waals surface area contributed by atoms with Gasteiger partial charge in [-0.15, -0.1) is 0 Å². The summed E-state index contributed by atoms with van der Waals surface area (Å²) in [5, 5.41) is 0. The molecule has 0 aliphatic heterocycles. The Bertz CT molecular complexity index is 485. The second kappa shape index (κ2) is 3.96. The molecule has 0 spiro atoms. The molecule has 0 fully saturated rings. The Morgan fingerprint density at radius 3 is 2.53 bits per heavy atom. The molecule has 0 atom stereocenters. The highest BCUT2D eigenvalue weighted by Crippen LogP contribution is 2.07. The van der Waals surface area contributed by atoms with E-state index in [9.17, 15) is 9.18 Å². The van der Waals surface area contributed by atoms with E-state index in [0.29, 0.717) is 0 Å². The molecule has 0 N–H and O–H groups in total. The van der Waals surface area contributed by atoms with E-state index in [1.54, 1.807) is 6.07 Å². The lowest BCUT2D eigenvalue weighted by Gasteiger charge is -1.98. The Labute approximate surface area is 85.6 Å². The molecule has 2 rings (SSSR count). The molecule has 0 radical (unpaired) electrons. The largest absolute Gasteiger partial charge is 0.285 e. The van der Waals surface area contributed by atoms with Gasteiger partial charge in [0.2, 0.25) is 11.6 Å². The average molecular weight is 202 g/mol. The van der Waals surface area contributed by atoms with E-state index >= 15 is 0 Å². The summed E-state index contributed by atoms with van der Waals surface area (Å²) >= 11 is 0. The number of hydrogen-bond acceptors (Lipinski definition) is 3. The zero-order chi connectivity index (χ0) is 10.7. The summed E-state index contributed by atoms with van der Waals surface area (Å²) in [6.07, 6.45) is 2.94. The number of aromatic nitrogens is 2. The van der Waals surface area contributed by atoms with Crippen LogP contribution in [-0.4, -0.2) is 15.8 Å². The number of rotatable bonds is 2. The molecule has 4 heteroatoms. The zero-order valence-corrected chi connectivity index (χ0v) is 7.72. The minimum absolute atomic E-state index is 0.0723. The van der Waals surface area contributed by atoms with Crippen LogP contribution in [0.25, 0.3) is 0 Å². The first-order valence-electron chi connectivity index (χ1n) is 4.34. The van der Waals surface area contributed by atoms with Gasteiger partial charge in [0.25, 0.3) is 0 Å². The Balaban J connectivity index is 2.37. The molecule has 1 heterocycles. The van der Waals surface area contributed by atoms with Crippen LogP contribution in [0.15, 0.2) is 42.7 Å². The maximum absolute atomic E-state index is 12.9. The Morgan fingerprint density at radius 2 is 1.87 bits per heavy atom. The number of carbonyl (C=O) groups is 1. The van der Waals surface area contributed by atoms with Gasteiger partial charge in [-0.25, -0.2) is 14.4 Å². The SMILES string of the molecule is O=C(c1cccc(F)c1)c1ncccn1. The summed E-state index contributed by atoms with van der Waals surface area (Å²) in [6, 6.07) is 7.07. The highest BCUT2D eigenvalue weighted by Gasteiger charge is 2.11. The predicted molar refractivity (Wildman–Crippen MR) is 51.9 cm³/mol. The van der Waals surface area contributed by atoms with Crippen molar-refractivity contribution in [3.05, 3.63) is 59.9 Å². The van der Waals surface area contributed by atoms with Crippen LogP contribution < -0.4 is 0 Å². The smallest absolute Gasteiger partial charge is 0.230 e. The highest BCUT2D eigenvalue weighted by molar-refractivity contribution is 6.06. The van der Waals surface area contributed by atoms with Gasteiger partial charge in [-0.2, -0.15) is 0 Å². The normalized spacial score (nSPS) is 9.93. The molecule has 0 bridgehead atoms. The Kier molecular flexibility index (Phi) is 2.49. The fraction of sp³-hybridized carbons (Fsp3) is 0. The van der Waals surface area contributed by atoms with Gasteiger partial charge in [0.15, 0.2) is 0 Å². The van der Waals surface area contributed by atoms with Crippen molar-refractivity contribution in [1.82, 2.24) is 9.97 Å². The van der Waals surface area contributed by atoms with Gasteiger partial charge >= 0.3 is 0 Å². The molecule has 2 aromatic rings. The van der Waals surface area contributed by atoms with Crippen molar-refractivity contribution in [2.75, 3.05) is 0 Å². The van der Waals surface area contributed by atoms with Gasteiger partial charge in [-0.3, -0.25) is 4.79 Å². The van der Waals surface area contributed by atoms with E-state index in [0.717, 1.165) is 0 Å². The summed E-state index contributed by atoms with van der Waals surface area (Å²) in [5.41, 5.74) is 0.251. The molecule has 15 heavy (non-hydrogen) atoms. The third kappa shape index (κ3) is 2.04. The van der Waals surface area contributed by atoms with E-state index in [1.807, 2.05) is 0 Å². The van der Waals surface area contributed by atoms with Gasteiger partial charge in [0.05, 0.1) is 0 Å². The zero-order valence-electron chi connectivity index (χ0n) is 7.72. The summed E-state index contributed by atoms with van der Waals surface area (Å²) in [7, 11) is 0. The predicted octanol–water partition coefficient (Wildman–Crippen LogP) is 1.85. The van der Waals surface area contributed by atoms with Crippen LogP contribution in [0.5, 0.6) is 0 Å². The summed E-state index contributed by atoms with van der Waals surface area (Å²) in [4.78, 5) is 19.3. The molecule has 0 aliphatic rings. The monoisotopic (exact) mass is 202 g/mol. The Morgan fingerprint density at radius 1 is 1.13 bits per heavy atom. The van der Waals surface area contributed by atoms with Crippen molar-refractivity contribution < 1.29 is 9.18 Å². The van der Waals surface area contributed by atoms with E-state index in [4.69, 9.17) is 0 Å². The van der Waals surface area contributed by atoms with Crippen LogP contribution in [-0.2, 0) is 0 Å². The number of halogens is 1.